The van der Waals surface area contributed by atoms with Gasteiger partial charge < -0.3 is 4.57 Å². The monoisotopic (exact) mass is 412 g/mol. The van der Waals surface area contributed by atoms with Crippen molar-refractivity contribution in [2.45, 2.75) is 19.9 Å². The van der Waals surface area contributed by atoms with Crippen LogP contribution < -0.4 is 0 Å². The van der Waals surface area contributed by atoms with Crippen LogP contribution in [-0.2, 0) is 13.0 Å². The molecule has 0 radical (unpaired) electrons. The highest BCUT2D eigenvalue weighted by Crippen LogP contribution is 2.29. The largest absolute Gasteiger partial charge is 0.324 e. The molecule has 0 fully saturated rings. The fourth-order valence-corrected chi connectivity index (χ4v) is 4.82. The minimum atomic E-state index is 0.901. The fraction of sp³-hybridized carbons (Fsp3) is 0.100. The molecule has 1 aromatic heterocycles. The predicted molar refractivity (Wildman–Crippen MR) is 135 cm³/mol. The van der Waals surface area contributed by atoms with Gasteiger partial charge in [-0.1, -0.05) is 91.0 Å². The van der Waals surface area contributed by atoms with Crippen LogP contribution in [0.3, 0.4) is 0 Å². The molecule has 154 valence electrons. The number of benzene rings is 5. The van der Waals surface area contributed by atoms with Gasteiger partial charge in [-0.15, -0.1) is 0 Å². The van der Waals surface area contributed by atoms with Crippen molar-refractivity contribution in [3.05, 3.63) is 114 Å². The van der Waals surface area contributed by atoms with Gasteiger partial charge in [-0.05, 0) is 58.1 Å². The average Bonchev–Trinajstić information content (AvgIpc) is 3.22. The van der Waals surface area contributed by atoms with Gasteiger partial charge in [0.25, 0.3) is 0 Å². The van der Waals surface area contributed by atoms with Crippen LogP contribution in [0.5, 0.6) is 0 Å². The minimum absolute atomic E-state index is 0.901. The summed E-state index contributed by atoms with van der Waals surface area (Å²) in [6.07, 6.45) is 0.901. The Labute approximate surface area is 187 Å². The van der Waals surface area contributed by atoms with Crippen molar-refractivity contribution in [3.63, 3.8) is 0 Å². The number of hydrogen-bond acceptors (Lipinski definition) is 1. The Morgan fingerprint density at radius 2 is 1.38 bits per heavy atom. The molecule has 0 saturated heterocycles. The van der Waals surface area contributed by atoms with Crippen LogP contribution in [0.25, 0.3) is 44.0 Å². The predicted octanol–water partition coefficient (Wildman–Crippen LogP) is 7.62. The molecule has 0 unspecified atom stereocenters. The first-order valence-corrected chi connectivity index (χ1v) is 11.2. The van der Waals surface area contributed by atoms with E-state index >= 15 is 0 Å². The number of imidazole rings is 1. The van der Waals surface area contributed by atoms with Gasteiger partial charge in [-0.3, -0.25) is 0 Å². The topological polar surface area (TPSA) is 17.8 Å². The van der Waals surface area contributed by atoms with Crippen molar-refractivity contribution in [3.8, 4) is 11.4 Å². The van der Waals surface area contributed by atoms with E-state index in [1.165, 1.54) is 38.2 Å². The van der Waals surface area contributed by atoms with Gasteiger partial charge in [0.05, 0.1) is 11.0 Å². The number of rotatable bonds is 4. The van der Waals surface area contributed by atoms with E-state index in [4.69, 9.17) is 4.98 Å². The maximum absolute atomic E-state index is 5.00. The van der Waals surface area contributed by atoms with Gasteiger partial charge >= 0.3 is 0 Å². The third-order valence-corrected chi connectivity index (χ3v) is 6.38. The summed E-state index contributed by atoms with van der Waals surface area (Å²) in [5, 5.41) is 5.22. The van der Waals surface area contributed by atoms with Gasteiger partial charge in [-0.2, -0.15) is 0 Å². The van der Waals surface area contributed by atoms with Gasteiger partial charge in [0, 0.05) is 12.1 Å². The Morgan fingerprint density at radius 3 is 2.25 bits per heavy atom. The lowest BCUT2D eigenvalue weighted by molar-refractivity contribution is 0.796. The SMILES string of the molecule is CCn1c(-c2ccccc2)nc2cc(Cc3ccc4c(ccc5ccccc54)c3)ccc21. The molecule has 32 heavy (non-hydrogen) atoms. The molecule has 0 spiro atoms. The first-order chi connectivity index (χ1) is 15.8. The Kier molecular flexibility index (Phi) is 4.50. The van der Waals surface area contributed by atoms with E-state index in [1.54, 1.807) is 0 Å². The lowest BCUT2D eigenvalue weighted by Crippen LogP contribution is -1.97. The Balaban J connectivity index is 1.38. The smallest absolute Gasteiger partial charge is 0.141 e. The molecule has 2 heteroatoms. The van der Waals surface area contributed by atoms with Crippen molar-refractivity contribution in [2.75, 3.05) is 0 Å². The summed E-state index contributed by atoms with van der Waals surface area (Å²) in [6.45, 7) is 3.08. The Hall–Kier alpha value is -3.91. The molecule has 1 heterocycles. The molecule has 6 aromatic rings. The maximum atomic E-state index is 5.00. The zero-order chi connectivity index (χ0) is 21.5. The second kappa shape index (κ2) is 7.65. The summed E-state index contributed by atoms with van der Waals surface area (Å²) in [5.74, 6) is 1.04. The van der Waals surface area contributed by atoms with E-state index in [0.717, 1.165) is 29.9 Å². The third-order valence-electron chi connectivity index (χ3n) is 6.38. The molecule has 0 aliphatic heterocycles. The van der Waals surface area contributed by atoms with Crippen LogP contribution in [0.15, 0.2) is 103 Å². The van der Waals surface area contributed by atoms with Crippen molar-refractivity contribution in [2.24, 2.45) is 0 Å². The Bertz CT molecular complexity index is 1580. The molecule has 0 saturated carbocycles. The van der Waals surface area contributed by atoms with Crippen LogP contribution in [0.1, 0.15) is 18.1 Å². The second-order valence-corrected chi connectivity index (χ2v) is 8.39. The van der Waals surface area contributed by atoms with E-state index in [-0.39, 0.29) is 0 Å². The second-order valence-electron chi connectivity index (χ2n) is 8.39. The lowest BCUT2D eigenvalue weighted by Gasteiger charge is -2.08. The summed E-state index contributed by atoms with van der Waals surface area (Å²) in [6, 6.07) is 37.1. The molecule has 2 nitrogen and oxygen atoms in total. The van der Waals surface area contributed by atoms with Crippen LogP contribution in [0.4, 0.5) is 0 Å². The molecule has 0 N–H and O–H groups in total. The summed E-state index contributed by atoms with van der Waals surface area (Å²) in [4.78, 5) is 5.00. The fourth-order valence-electron chi connectivity index (χ4n) is 4.82. The first kappa shape index (κ1) is 18.8. The molecule has 0 amide bonds. The summed E-state index contributed by atoms with van der Waals surface area (Å²) in [7, 11) is 0. The minimum Gasteiger partial charge on any atom is -0.324 e. The molecule has 0 aliphatic rings. The first-order valence-electron chi connectivity index (χ1n) is 11.2. The standard InChI is InChI=1S/C30H24N2/c1-2-32-29-17-13-22(20-28(29)31-30(32)24-9-4-3-5-10-24)18-21-12-16-27-25(19-21)15-14-23-8-6-7-11-26(23)27/h3-17,19-20H,2,18H2,1H3. The van der Waals surface area contributed by atoms with E-state index in [2.05, 4.69) is 109 Å². The van der Waals surface area contributed by atoms with E-state index in [9.17, 15) is 0 Å². The van der Waals surface area contributed by atoms with Crippen molar-refractivity contribution in [1.29, 1.82) is 0 Å². The number of hydrogen-bond donors (Lipinski definition) is 0. The summed E-state index contributed by atoms with van der Waals surface area (Å²) < 4.78 is 2.30. The van der Waals surface area contributed by atoms with Crippen LogP contribution in [-0.4, -0.2) is 9.55 Å². The van der Waals surface area contributed by atoms with Crippen molar-refractivity contribution < 1.29 is 0 Å². The van der Waals surface area contributed by atoms with E-state index in [1.807, 2.05) is 6.07 Å². The molecule has 0 atom stereocenters. The lowest BCUT2D eigenvalue weighted by atomic mass is 9.97. The van der Waals surface area contributed by atoms with Gasteiger partial charge in [0.15, 0.2) is 0 Å². The van der Waals surface area contributed by atoms with E-state index < -0.39 is 0 Å². The summed E-state index contributed by atoms with van der Waals surface area (Å²) in [5.41, 5.74) is 6.03. The highest BCUT2D eigenvalue weighted by molar-refractivity contribution is 6.07. The van der Waals surface area contributed by atoms with Crippen molar-refractivity contribution >= 4 is 32.6 Å². The molecule has 5 aromatic carbocycles. The molecule has 0 aliphatic carbocycles. The van der Waals surface area contributed by atoms with Gasteiger partial charge in [-0.25, -0.2) is 4.98 Å². The molecule has 0 bridgehead atoms. The van der Waals surface area contributed by atoms with Crippen LogP contribution in [0.2, 0.25) is 0 Å². The van der Waals surface area contributed by atoms with Crippen LogP contribution in [0, 0.1) is 0 Å². The molecular weight excluding hydrogens is 388 g/mol. The zero-order valence-electron chi connectivity index (χ0n) is 18.1. The number of aryl methyl sites for hydroxylation is 1. The third kappa shape index (κ3) is 3.16. The molecule has 6 rings (SSSR count). The van der Waals surface area contributed by atoms with Gasteiger partial charge in [0.1, 0.15) is 5.82 Å². The number of aromatic nitrogens is 2. The highest BCUT2D eigenvalue weighted by atomic mass is 15.1. The maximum Gasteiger partial charge on any atom is 0.141 e. The van der Waals surface area contributed by atoms with Gasteiger partial charge in [0.2, 0.25) is 0 Å². The van der Waals surface area contributed by atoms with E-state index in [0.29, 0.717) is 0 Å². The highest BCUT2D eigenvalue weighted by Gasteiger charge is 2.12. The Morgan fingerprint density at radius 1 is 0.656 bits per heavy atom. The number of nitrogens with zero attached hydrogens (tertiary/aromatic N) is 2. The summed E-state index contributed by atoms with van der Waals surface area (Å²) >= 11 is 0. The normalized spacial score (nSPS) is 11.5. The average molecular weight is 413 g/mol. The quantitative estimate of drug-likeness (QED) is 0.272. The van der Waals surface area contributed by atoms with Crippen LogP contribution >= 0.6 is 0 Å². The number of fused-ring (bicyclic) bond motifs is 4. The van der Waals surface area contributed by atoms with Crippen molar-refractivity contribution in [1.82, 2.24) is 9.55 Å². The zero-order valence-corrected chi connectivity index (χ0v) is 18.1. The molecular formula is C30H24N2.